The maximum Gasteiger partial charge on any atom is 0.143 e. The smallest absolute Gasteiger partial charge is 0.143 e. The molecule has 0 amide bonds. The van der Waals surface area contributed by atoms with Crippen molar-refractivity contribution in [2.75, 3.05) is 10.6 Å². The Kier molecular flexibility index (Phi) is 5.69. The van der Waals surface area contributed by atoms with Gasteiger partial charge in [-0.2, -0.15) is 0 Å². The Hall–Kier alpha value is -3.08. The van der Waals surface area contributed by atoms with Crippen LogP contribution in [0.5, 0.6) is 5.75 Å². The Bertz CT molecular complexity index is 847. The van der Waals surface area contributed by atoms with E-state index in [4.69, 9.17) is 4.74 Å². The SMILES string of the molecule is Cc1ccc(CNc2cc(Nc3ccccc3OC(C)C)ncn2)cc1. The summed E-state index contributed by atoms with van der Waals surface area (Å²) >= 11 is 0. The molecule has 0 aliphatic heterocycles. The molecular weight excluding hydrogens is 324 g/mol. The summed E-state index contributed by atoms with van der Waals surface area (Å²) in [7, 11) is 0. The van der Waals surface area contributed by atoms with Gasteiger partial charge in [0.15, 0.2) is 0 Å². The summed E-state index contributed by atoms with van der Waals surface area (Å²) in [6, 6.07) is 18.2. The van der Waals surface area contributed by atoms with Crippen LogP contribution >= 0.6 is 0 Å². The van der Waals surface area contributed by atoms with Crippen LogP contribution in [0.3, 0.4) is 0 Å². The number of ether oxygens (including phenoxy) is 1. The van der Waals surface area contributed by atoms with Crippen LogP contribution in [0.2, 0.25) is 0 Å². The first-order chi connectivity index (χ1) is 12.6. The maximum atomic E-state index is 5.84. The van der Waals surface area contributed by atoms with E-state index in [0.717, 1.165) is 17.3 Å². The van der Waals surface area contributed by atoms with Gasteiger partial charge >= 0.3 is 0 Å². The molecule has 5 heteroatoms. The first kappa shape index (κ1) is 17.7. The minimum atomic E-state index is 0.107. The molecule has 1 heterocycles. The predicted octanol–water partition coefficient (Wildman–Crippen LogP) is 4.93. The highest BCUT2D eigenvalue weighted by atomic mass is 16.5. The van der Waals surface area contributed by atoms with Crippen LogP contribution in [0.4, 0.5) is 17.3 Å². The molecule has 0 saturated carbocycles. The Morgan fingerprint density at radius 3 is 2.46 bits per heavy atom. The first-order valence-electron chi connectivity index (χ1n) is 8.74. The van der Waals surface area contributed by atoms with Crippen molar-refractivity contribution in [2.45, 2.75) is 33.4 Å². The largest absolute Gasteiger partial charge is 0.489 e. The van der Waals surface area contributed by atoms with Gasteiger partial charge < -0.3 is 15.4 Å². The number of hydrogen-bond donors (Lipinski definition) is 2. The topological polar surface area (TPSA) is 59.1 Å². The molecule has 2 N–H and O–H groups in total. The second-order valence-electron chi connectivity index (χ2n) is 6.42. The Labute approximate surface area is 154 Å². The number of aromatic nitrogens is 2. The summed E-state index contributed by atoms with van der Waals surface area (Å²) in [4.78, 5) is 8.59. The van der Waals surface area contributed by atoms with E-state index in [1.54, 1.807) is 6.33 Å². The lowest BCUT2D eigenvalue weighted by Crippen LogP contribution is -2.08. The number of aryl methyl sites for hydroxylation is 1. The third-order valence-electron chi connectivity index (χ3n) is 3.77. The average Bonchev–Trinajstić information content (AvgIpc) is 2.63. The molecule has 134 valence electrons. The van der Waals surface area contributed by atoms with Gasteiger partial charge in [0.2, 0.25) is 0 Å². The summed E-state index contributed by atoms with van der Waals surface area (Å²) in [5.74, 6) is 2.28. The second-order valence-corrected chi connectivity index (χ2v) is 6.42. The molecule has 0 spiro atoms. The monoisotopic (exact) mass is 348 g/mol. The van der Waals surface area contributed by atoms with Gasteiger partial charge in [-0.3, -0.25) is 0 Å². The molecular formula is C21H24N4O. The molecule has 2 aromatic carbocycles. The van der Waals surface area contributed by atoms with Gasteiger partial charge in [-0.25, -0.2) is 9.97 Å². The lowest BCUT2D eigenvalue weighted by atomic mass is 10.1. The molecule has 5 nitrogen and oxygen atoms in total. The summed E-state index contributed by atoms with van der Waals surface area (Å²) in [6.07, 6.45) is 1.65. The Morgan fingerprint density at radius 2 is 1.69 bits per heavy atom. The van der Waals surface area contributed by atoms with Crippen molar-refractivity contribution in [1.29, 1.82) is 0 Å². The van der Waals surface area contributed by atoms with E-state index in [9.17, 15) is 0 Å². The van der Waals surface area contributed by atoms with E-state index in [2.05, 4.69) is 51.8 Å². The van der Waals surface area contributed by atoms with Crippen LogP contribution in [0.1, 0.15) is 25.0 Å². The first-order valence-corrected chi connectivity index (χ1v) is 8.74. The zero-order valence-corrected chi connectivity index (χ0v) is 15.4. The summed E-state index contributed by atoms with van der Waals surface area (Å²) < 4.78 is 5.84. The van der Waals surface area contributed by atoms with Crippen molar-refractivity contribution in [3.05, 3.63) is 72.1 Å². The number of nitrogens with zero attached hydrogens (tertiary/aromatic N) is 2. The van der Waals surface area contributed by atoms with Crippen LogP contribution in [0, 0.1) is 6.92 Å². The highest BCUT2D eigenvalue weighted by Crippen LogP contribution is 2.28. The number of benzene rings is 2. The molecule has 3 aromatic rings. The highest BCUT2D eigenvalue weighted by molar-refractivity contribution is 5.65. The van der Waals surface area contributed by atoms with Gasteiger partial charge in [-0.1, -0.05) is 42.0 Å². The molecule has 1 aromatic heterocycles. The van der Waals surface area contributed by atoms with Gasteiger partial charge in [-0.05, 0) is 38.5 Å². The molecule has 0 fully saturated rings. The van der Waals surface area contributed by atoms with Crippen LogP contribution in [-0.4, -0.2) is 16.1 Å². The van der Waals surface area contributed by atoms with Crippen molar-refractivity contribution in [3.63, 3.8) is 0 Å². The van der Waals surface area contributed by atoms with Crippen molar-refractivity contribution in [3.8, 4) is 5.75 Å². The average molecular weight is 348 g/mol. The minimum absolute atomic E-state index is 0.107. The maximum absolute atomic E-state index is 5.84. The van der Waals surface area contributed by atoms with E-state index >= 15 is 0 Å². The molecule has 0 bridgehead atoms. The number of rotatable bonds is 7. The number of anilines is 3. The van der Waals surface area contributed by atoms with Crippen molar-refractivity contribution < 1.29 is 4.74 Å². The van der Waals surface area contributed by atoms with Gasteiger partial charge in [0, 0.05) is 12.6 Å². The van der Waals surface area contributed by atoms with Gasteiger partial charge in [0.05, 0.1) is 11.8 Å². The molecule has 0 aliphatic rings. The normalized spacial score (nSPS) is 10.6. The standard InChI is InChI=1S/C21H24N4O/c1-15(2)26-19-7-5-4-6-18(19)25-21-12-20(23-14-24-21)22-13-17-10-8-16(3)9-11-17/h4-12,14-15H,13H2,1-3H3,(H2,22,23,24,25). The number of nitrogens with one attached hydrogen (secondary N) is 2. The lowest BCUT2D eigenvalue weighted by Gasteiger charge is -2.15. The van der Waals surface area contributed by atoms with Crippen LogP contribution in [-0.2, 0) is 6.54 Å². The fourth-order valence-electron chi connectivity index (χ4n) is 2.49. The van der Waals surface area contributed by atoms with Crippen LogP contribution in [0.25, 0.3) is 0 Å². The quantitative estimate of drug-likeness (QED) is 0.634. The highest BCUT2D eigenvalue weighted by Gasteiger charge is 2.07. The Balaban J connectivity index is 1.69. The van der Waals surface area contributed by atoms with Crippen LogP contribution < -0.4 is 15.4 Å². The fourth-order valence-corrected chi connectivity index (χ4v) is 2.49. The zero-order valence-electron chi connectivity index (χ0n) is 15.4. The lowest BCUT2D eigenvalue weighted by molar-refractivity contribution is 0.244. The minimum Gasteiger partial charge on any atom is -0.489 e. The van der Waals surface area contributed by atoms with Crippen molar-refractivity contribution in [2.24, 2.45) is 0 Å². The number of para-hydroxylation sites is 2. The molecule has 26 heavy (non-hydrogen) atoms. The van der Waals surface area contributed by atoms with Crippen molar-refractivity contribution in [1.82, 2.24) is 9.97 Å². The summed E-state index contributed by atoms with van der Waals surface area (Å²) in [6.45, 7) is 6.81. The predicted molar refractivity (Wildman–Crippen MR) is 106 cm³/mol. The van der Waals surface area contributed by atoms with E-state index in [0.29, 0.717) is 12.4 Å². The van der Waals surface area contributed by atoms with Gasteiger partial charge in [0.25, 0.3) is 0 Å². The zero-order chi connectivity index (χ0) is 18.4. The third-order valence-corrected chi connectivity index (χ3v) is 3.77. The van der Waals surface area contributed by atoms with E-state index < -0.39 is 0 Å². The molecule has 0 atom stereocenters. The fraction of sp³-hybridized carbons (Fsp3) is 0.238. The third kappa shape index (κ3) is 4.96. The number of hydrogen-bond acceptors (Lipinski definition) is 5. The molecule has 0 radical (unpaired) electrons. The van der Waals surface area contributed by atoms with E-state index in [1.807, 2.05) is 44.2 Å². The second kappa shape index (κ2) is 8.34. The van der Waals surface area contributed by atoms with E-state index in [-0.39, 0.29) is 6.10 Å². The molecule has 0 unspecified atom stereocenters. The molecule has 0 aliphatic carbocycles. The molecule has 3 rings (SSSR count). The summed E-state index contributed by atoms with van der Waals surface area (Å²) in [5, 5.41) is 6.64. The summed E-state index contributed by atoms with van der Waals surface area (Å²) in [5.41, 5.74) is 3.34. The van der Waals surface area contributed by atoms with Gasteiger partial charge in [-0.15, -0.1) is 0 Å². The van der Waals surface area contributed by atoms with Crippen LogP contribution in [0.15, 0.2) is 60.9 Å². The Morgan fingerprint density at radius 1 is 0.962 bits per heavy atom. The van der Waals surface area contributed by atoms with Gasteiger partial charge in [0.1, 0.15) is 23.7 Å². The molecule has 0 saturated heterocycles. The van der Waals surface area contributed by atoms with E-state index in [1.165, 1.54) is 11.1 Å². The van der Waals surface area contributed by atoms with Crippen molar-refractivity contribution >= 4 is 17.3 Å².